The number of carbonyl (C=O) groups excluding carboxylic acids is 4. The average Bonchev–Trinajstić information content (AvgIpc) is 3.61. The van der Waals surface area contributed by atoms with Crippen molar-refractivity contribution in [3.63, 3.8) is 0 Å². The molecule has 0 rings (SSSR count). The summed E-state index contributed by atoms with van der Waals surface area (Å²) in [6.45, 7) is 7.20. The summed E-state index contributed by atoms with van der Waals surface area (Å²) in [6, 6.07) is 0. The van der Waals surface area contributed by atoms with Crippen LogP contribution in [0.1, 0.15) is 330 Å². The first-order valence-electron chi connectivity index (χ1n) is 34.2. The highest BCUT2D eigenvalue weighted by atomic mass is 31.2. The Balaban J connectivity index is 5.16. The predicted molar refractivity (Wildman–Crippen MR) is 335 cm³/mol. The van der Waals surface area contributed by atoms with Crippen LogP contribution in [0, 0.1) is 5.92 Å². The molecular formula is C65H126O17P2. The van der Waals surface area contributed by atoms with E-state index >= 15 is 0 Å². The molecule has 0 fully saturated rings. The van der Waals surface area contributed by atoms with Gasteiger partial charge in [-0.15, -0.1) is 0 Å². The number of phosphoric acid groups is 2. The summed E-state index contributed by atoms with van der Waals surface area (Å²) in [4.78, 5) is 72.1. The fourth-order valence-electron chi connectivity index (χ4n) is 9.73. The lowest BCUT2D eigenvalue weighted by molar-refractivity contribution is -0.161. The average molecular weight is 1240 g/mol. The molecular weight excluding hydrogens is 1110 g/mol. The topological polar surface area (TPSA) is 237 Å². The van der Waals surface area contributed by atoms with Gasteiger partial charge in [0.15, 0.2) is 12.2 Å². The molecule has 19 heteroatoms. The maximum Gasteiger partial charge on any atom is 0.472 e. The van der Waals surface area contributed by atoms with E-state index in [0.29, 0.717) is 25.7 Å². The minimum absolute atomic E-state index is 0.105. The van der Waals surface area contributed by atoms with Gasteiger partial charge in [-0.3, -0.25) is 37.3 Å². The van der Waals surface area contributed by atoms with Gasteiger partial charge in [-0.05, 0) is 31.6 Å². The normalized spacial score (nSPS) is 14.5. The lowest BCUT2D eigenvalue weighted by atomic mass is 9.99. The monoisotopic (exact) mass is 1240 g/mol. The van der Waals surface area contributed by atoms with Gasteiger partial charge in [0.25, 0.3) is 0 Å². The third-order valence-corrected chi connectivity index (χ3v) is 17.3. The van der Waals surface area contributed by atoms with Crippen LogP contribution in [0.2, 0.25) is 0 Å². The number of hydrogen-bond acceptors (Lipinski definition) is 15. The third kappa shape index (κ3) is 57.8. The first kappa shape index (κ1) is 82.1. The lowest BCUT2D eigenvalue weighted by Crippen LogP contribution is -2.30. The zero-order chi connectivity index (χ0) is 62.0. The smallest absolute Gasteiger partial charge is 0.462 e. The third-order valence-electron chi connectivity index (χ3n) is 15.4. The van der Waals surface area contributed by atoms with Crippen molar-refractivity contribution in [1.82, 2.24) is 0 Å². The van der Waals surface area contributed by atoms with Gasteiger partial charge < -0.3 is 33.8 Å². The molecule has 0 saturated carbocycles. The molecule has 0 aromatic heterocycles. The second kappa shape index (κ2) is 58.7. The van der Waals surface area contributed by atoms with Gasteiger partial charge in [0.1, 0.15) is 19.3 Å². The van der Waals surface area contributed by atoms with Crippen molar-refractivity contribution in [2.24, 2.45) is 5.92 Å². The van der Waals surface area contributed by atoms with E-state index in [1.54, 1.807) is 0 Å². The molecule has 6 atom stereocenters. The standard InChI is InChI=1S/C65H126O17P2/c1-6-10-13-16-19-22-30-35-39-44-49-63(68)76-55-61(82-65(70)51-46-41-36-31-28-26-24-23-25-27-29-32-37-42-47-58(5)9-4)57-80-84(73,74)78-53-59(66)52-77-83(71,72)79-56-60(81-64(69)50-45-40-34-21-18-15-12-8-3)54-75-62(67)48-43-38-33-20-17-14-11-7-2/h58-61,66H,6-57H2,1-5H3,(H,71,72)(H,73,74)/t58?,59-,60+,61+/m0/s1. The number of carbonyl (C=O) groups is 4. The molecule has 0 aliphatic heterocycles. The van der Waals surface area contributed by atoms with Gasteiger partial charge in [-0.25, -0.2) is 9.13 Å². The highest BCUT2D eigenvalue weighted by Crippen LogP contribution is 2.45. The first-order chi connectivity index (χ1) is 40.6. The Morgan fingerprint density at radius 1 is 0.333 bits per heavy atom. The van der Waals surface area contributed by atoms with Crippen LogP contribution in [0.5, 0.6) is 0 Å². The Labute approximate surface area is 511 Å². The second-order valence-electron chi connectivity index (χ2n) is 23.7. The molecule has 17 nitrogen and oxygen atoms in total. The minimum Gasteiger partial charge on any atom is -0.462 e. The number of phosphoric ester groups is 2. The van der Waals surface area contributed by atoms with E-state index in [9.17, 15) is 43.2 Å². The van der Waals surface area contributed by atoms with Crippen molar-refractivity contribution in [1.29, 1.82) is 0 Å². The van der Waals surface area contributed by atoms with Gasteiger partial charge in [0, 0.05) is 25.7 Å². The molecule has 84 heavy (non-hydrogen) atoms. The van der Waals surface area contributed by atoms with Crippen molar-refractivity contribution in [2.45, 2.75) is 348 Å². The molecule has 0 bridgehead atoms. The molecule has 0 aromatic carbocycles. The Hall–Kier alpha value is -1.94. The van der Waals surface area contributed by atoms with Crippen LogP contribution in [0.3, 0.4) is 0 Å². The number of ether oxygens (including phenoxy) is 4. The van der Waals surface area contributed by atoms with Crippen molar-refractivity contribution in [3.05, 3.63) is 0 Å². The molecule has 0 spiro atoms. The van der Waals surface area contributed by atoms with E-state index < -0.39 is 97.5 Å². The highest BCUT2D eigenvalue weighted by Gasteiger charge is 2.30. The quantitative estimate of drug-likeness (QED) is 0.0222. The van der Waals surface area contributed by atoms with Crippen LogP contribution in [-0.4, -0.2) is 96.7 Å². The van der Waals surface area contributed by atoms with Crippen LogP contribution >= 0.6 is 15.6 Å². The Bertz CT molecular complexity index is 1640. The van der Waals surface area contributed by atoms with Crippen molar-refractivity contribution < 1.29 is 80.2 Å². The molecule has 0 radical (unpaired) electrons. The van der Waals surface area contributed by atoms with E-state index in [0.717, 1.165) is 109 Å². The number of unbranched alkanes of at least 4 members (excludes halogenated alkanes) is 36. The second-order valence-corrected chi connectivity index (χ2v) is 26.7. The largest absolute Gasteiger partial charge is 0.472 e. The lowest BCUT2D eigenvalue weighted by Gasteiger charge is -2.21. The maximum atomic E-state index is 13.0. The van der Waals surface area contributed by atoms with E-state index in [1.165, 1.54) is 141 Å². The van der Waals surface area contributed by atoms with Crippen molar-refractivity contribution in [3.8, 4) is 0 Å². The number of esters is 4. The van der Waals surface area contributed by atoms with Crippen LogP contribution in [0.15, 0.2) is 0 Å². The highest BCUT2D eigenvalue weighted by molar-refractivity contribution is 7.47. The first-order valence-corrected chi connectivity index (χ1v) is 37.2. The Morgan fingerprint density at radius 3 is 0.845 bits per heavy atom. The molecule has 0 amide bonds. The van der Waals surface area contributed by atoms with Crippen LogP contribution < -0.4 is 0 Å². The number of aliphatic hydroxyl groups excluding tert-OH is 1. The summed E-state index contributed by atoms with van der Waals surface area (Å²) < 4.78 is 67.9. The Kier molecular flexibility index (Phi) is 57.4. The SMILES string of the molecule is CCCCCCCCCCCCC(=O)OC[C@H](COP(=O)(O)OC[C@@H](O)COP(=O)(O)OC[C@@H](COC(=O)CCCCCCCCCC)OC(=O)CCCCCCCCCC)OC(=O)CCCCCCCCCCCCCCCCC(C)CC. The summed E-state index contributed by atoms with van der Waals surface area (Å²) >= 11 is 0. The fourth-order valence-corrected chi connectivity index (χ4v) is 11.3. The van der Waals surface area contributed by atoms with Gasteiger partial charge in [0.2, 0.25) is 0 Å². The number of rotatable bonds is 65. The summed E-state index contributed by atoms with van der Waals surface area (Å²) in [5, 5.41) is 10.5. The number of aliphatic hydroxyl groups is 1. The van der Waals surface area contributed by atoms with E-state index in [2.05, 4.69) is 34.6 Å². The fraction of sp³-hybridized carbons (Fsp3) is 0.938. The van der Waals surface area contributed by atoms with Crippen molar-refractivity contribution in [2.75, 3.05) is 39.6 Å². The molecule has 0 aliphatic rings. The van der Waals surface area contributed by atoms with E-state index in [-0.39, 0.29) is 25.7 Å². The molecule has 3 N–H and O–H groups in total. The van der Waals surface area contributed by atoms with Gasteiger partial charge in [-0.1, -0.05) is 279 Å². The van der Waals surface area contributed by atoms with E-state index in [4.69, 9.17) is 37.0 Å². The summed E-state index contributed by atoms with van der Waals surface area (Å²) in [5.74, 6) is -1.29. The van der Waals surface area contributed by atoms with Crippen LogP contribution in [0.25, 0.3) is 0 Å². The zero-order valence-electron chi connectivity index (χ0n) is 54.0. The van der Waals surface area contributed by atoms with Crippen LogP contribution in [0.4, 0.5) is 0 Å². The molecule has 0 saturated heterocycles. The molecule has 498 valence electrons. The van der Waals surface area contributed by atoms with Gasteiger partial charge >= 0.3 is 39.5 Å². The molecule has 0 heterocycles. The van der Waals surface area contributed by atoms with Crippen LogP contribution in [-0.2, 0) is 65.4 Å². The molecule has 0 aliphatic carbocycles. The predicted octanol–water partition coefficient (Wildman–Crippen LogP) is 18.2. The Morgan fingerprint density at radius 2 is 0.571 bits per heavy atom. The van der Waals surface area contributed by atoms with E-state index in [1.807, 2.05) is 0 Å². The molecule has 0 aromatic rings. The zero-order valence-corrected chi connectivity index (χ0v) is 55.8. The number of hydrogen-bond donors (Lipinski definition) is 3. The van der Waals surface area contributed by atoms with Gasteiger partial charge in [-0.2, -0.15) is 0 Å². The van der Waals surface area contributed by atoms with Crippen molar-refractivity contribution >= 4 is 39.5 Å². The maximum absolute atomic E-state index is 13.0. The summed E-state index contributed by atoms with van der Waals surface area (Å²) in [5.41, 5.74) is 0. The summed E-state index contributed by atoms with van der Waals surface area (Å²) in [6.07, 6.45) is 43.1. The summed E-state index contributed by atoms with van der Waals surface area (Å²) in [7, 11) is -9.88. The minimum atomic E-state index is -4.94. The van der Waals surface area contributed by atoms with Gasteiger partial charge in [0.05, 0.1) is 26.4 Å². The molecule has 3 unspecified atom stereocenters.